The normalized spacial score (nSPS) is 18.0. The molecule has 10 heavy (non-hydrogen) atoms. The first-order valence-corrected chi connectivity index (χ1v) is 3.33. The molecule has 0 aromatic heterocycles. The van der Waals surface area contributed by atoms with Crippen LogP contribution in [0.25, 0.3) is 0 Å². The molecule has 1 rings (SSSR count). The fourth-order valence-corrected chi connectivity index (χ4v) is 0.700. The molecule has 0 spiro atoms. The molecule has 1 aliphatic carbocycles. The van der Waals surface area contributed by atoms with Crippen molar-refractivity contribution >= 4 is 22.6 Å². The van der Waals surface area contributed by atoms with E-state index in [4.69, 9.17) is 0 Å². The summed E-state index contributed by atoms with van der Waals surface area (Å²) >= 11 is 1.41. The molecule has 0 aromatic rings. The second-order valence-electron chi connectivity index (χ2n) is 1.51. The van der Waals surface area contributed by atoms with E-state index in [1.54, 1.807) is 11.8 Å². The third-order valence-corrected chi connectivity index (χ3v) is 1.77. The van der Waals surface area contributed by atoms with Crippen LogP contribution < -0.4 is 0 Å². The lowest BCUT2D eigenvalue weighted by Gasteiger charge is -2.03. The minimum atomic E-state index is -1.14. The molecule has 0 N–H and O–H groups in total. The Hall–Kier alpha value is -0.350. The lowest BCUT2D eigenvalue weighted by Crippen LogP contribution is -1.92. The van der Waals surface area contributed by atoms with Crippen LogP contribution in [-0.2, 0) is 0 Å². The standard InChI is InChI=1S/C6F3I/c7-3-1-4(8)6(10)5(9)2-3. The van der Waals surface area contributed by atoms with Gasteiger partial charge in [-0.25, -0.2) is 4.39 Å². The van der Waals surface area contributed by atoms with Gasteiger partial charge in [0.2, 0.25) is 0 Å². The molecule has 0 radical (unpaired) electrons. The summed E-state index contributed by atoms with van der Waals surface area (Å²) in [5.41, 5.74) is 1.64. The summed E-state index contributed by atoms with van der Waals surface area (Å²) in [6.07, 6.45) is 1.64. The van der Waals surface area contributed by atoms with Gasteiger partial charge >= 0.3 is 0 Å². The molecule has 4 heteroatoms. The van der Waals surface area contributed by atoms with Crippen LogP contribution in [0.15, 0.2) is 23.2 Å². The molecule has 0 heterocycles. The molecule has 0 saturated carbocycles. The number of rotatable bonds is 0. The van der Waals surface area contributed by atoms with Crippen molar-refractivity contribution in [2.75, 3.05) is 0 Å². The van der Waals surface area contributed by atoms with Gasteiger partial charge in [0.05, 0.1) is 10.0 Å². The van der Waals surface area contributed by atoms with Gasteiger partial charge in [-0.15, -0.1) is 0 Å². The molecule has 0 saturated heterocycles. The van der Waals surface area contributed by atoms with Crippen LogP contribution in [0.5, 0.6) is 0 Å². The van der Waals surface area contributed by atoms with E-state index in [0.717, 1.165) is 0 Å². The highest BCUT2D eigenvalue weighted by Crippen LogP contribution is 2.34. The van der Waals surface area contributed by atoms with Crippen LogP contribution in [0.4, 0.5) is 13.2 Å². The minimum absolute atomic E-state index is 0.293. The summed E-state index contributed by atoms with van der Waals surface area (Å²) in [6, 6.07) is 0. The maximum absolute atomic E-state index is 12.3. The Labute approximate surface area is 69.2 Å². The van der Waals surface area contributed by atoms with Gasteiger partial charge in [-0.3, -0.25) is 0 Å². The predicted molar refractivity (Wildman–Crippen MR) is 37.9 cm³/mol. The predicted octanol–water partition coefficient (Wildman–Crippen LogP) is 2.93. The van der Waals surface area contributed by atoms with Crippen molar-refractivity contribution in [1.29, 1.82) is 0 Å². The zero-order chi connectivity index (χ0) is 7.72. The first-order chi connectivity index (χ1) is 4.61. The molecule has 0 nitrogen and oxygen atoms in total. The Morgan fingerprint density at radius 2 is 2.00 bits per heavy atom. The Morgan fingerprint density at radius 1 is 1.40 bits per heavy atom. The fraction of sp³-hybridized carbons (Fsp3) is 0. The molecule has 0 fully saturated rings. The quantitative estimate of drug-likeness (QED) is 0.355. The second-order valence-corrected chi connectivity index (χ2v) is 2.58. The summed E-state index contributed by atoms with van der Waals surface area (Å²) in [5.74, 6) is -3.18. The molecule has 0 amide bonds. The van der Waals surface area contributed by atoms with E-state index in [2.05, 4.69) is 0 Å². The molecule has 0 aromatic carbocycles. The van der Waals surface area contributed by atoms with E-state index in [1.807, 2.05) is 0 Å². The number of allylic oxidation sites excluding steroid dienone is 3. The summed E-state index contributed by atoms with van der Waals surface area (Å²) in [4.78, 5) is 0. The molecule has 1 aliphatic rings. The van der Waals surface area contributed by atoms with Crippen molar-refractivity contribution < 1.29 is 13.2 Å². The monoisotopic (exact) mass is 256 g/mol. The first kappa shape index (κ1) is 7.75. The molecule has 0 bridgehead atoms. The van der Waals surface area contributed by atoms with Crippen LogP contribution in [0, 0.1) is 10.0 Å². The molecule has 0 unspecified atom stereocenters. The van der Waals surface area contributed by atoms with Crippen molar-refractivity contribution in [2.45, 2.75) is 0 Å². The minimum Gasteiger partial charge on any atom is -0.205 e. The maximum atomic E-state index is 12.3. The SMILES string of the molecule is FC1=C=C(F)[C+](I)C(F)=[C-]1. The van der Waals surface area contributed by atoms with E-state index < -0.39 is 17.5 Å². The van der Waals surface area contributed by atoms with Crippen LogP contribution >= 0.6 is 22.6 Å². The van der Waals surface area contributed by atoms with Gasteiger partial charge in [0.15, 0.2) is 17.5 Å². The van der Waals surface area contributed by atoms with Crippen molar-refractivity contribution in [1.82, 2.24) is 0 Å². The van der Waals surface area contributed by atoms with Crippen LogP contribution in [0.1, 0.15) is 0 Å². The average molecular weight is 256 g/mol. The third-order valence-electron chi connectivity index (χ3n) is 0.824. The Bertz CT molecular complexity index is 248. The van der Waals surface area contributed by atoms with Crippen molar-refractivity contribution in [2.24, 2.45) is 0 Å². The van der Waals surface area contributed by atoms with Gasteiger partial charge in [0, 0.05) is 0 Å². The number of hydrogen-bond donors (Lipinski definition) is 0. The maximum Gasteiger partial charge on any atom is 0.184 e. The summed E-state index contributed by atoms with van der Waals surface area (Å²) in [6.45, 7) is 0. The van der Waals surface area contributed by atoms with Crippen molar-refractivity contribution in [3.8, 4) is 0 Å². The largest absolute Gasteiger partial charge is 0.205 e. The molecule has 0 atom stereocenters. The zero-order valence-corrected chi connectivity index (χ0v) is 6.67. The fourth-order valence-electron chi connectivity index (χ4n) is 0.430. The Morgan fingerprint density at radius 3 is 2.50 bits per heavy atom. The van der Waals surface area contributed by atoms with Crippen LogP contribution in [0.2, 0.25) is 0 Å². The Balaban J connectivity index is 3.10. The van der Waals surface area contributed by atoms with E-state index >= 15 is 0 Å². The molecule has 0 aliphatic heterocycles. The van der Waals surface area contributed by atoms with Gasteiger partial charge in [-0.1, -0.05) is 0 Å². The van der Waals surface area contributed by atoms with Crippen molar-refractivity contribution in [3.05, 3.63) is 33.2 Å². The van der Waals surface area contributed by atoms with E-state index in [0.29, 0.717) is 0 Å². The summed E-state index contributed by atoms with van der Waals surface area (Å²) in [7, 11) is 0. The number of halogens is 4. The highest BCUT2D eigenvalue weighted by Gasteiger charge is 2.20. The summed E-state index contributed by atoms with van der Waals surface area (Å²) < 4.78 is 36.3. The molecular weight excluding hydrogens is 256 g/mol. The van der Waals surface area contributed by atoms with E-state index in [1.165, 1.54) is 22.6 Å². The van der Waals surface area contributed by atoms with Gasteiger partial charge in [-0.05, 0) is 28.3 Å². The number of hydrogen-bond acceptors (Lipinski definition) is 0. The lowest BCUT2D eigenvalue weighted by atomic mass is 10.2. The highest BCUT2D eigenvalue weighted by atomic mass is 127. The van der Waals surface area contributed by atoms with Crippen LogP contribution in [-0.4, -0.2) is 0 Å². The van der Waals surface area contributed by atoms with Gasteiger partial charge in [0.1, 0.15) is 0 Å². The first-order valence-electron chi connectivity index (χ1n) is 2.26. The van der Waals surface area contributed by atoms with E-state index in [-0.39, 0.29) is 3.92 Å². The summed E-state index contributed by atoms with van der Waals surface area (Å²) in [5, 5.41) is 0. The third kappa shape index (κ3) is 1.38. The molecular formula is C6F3I. The Kier molecular flexibility index (Phi) is 2.11. The molecule has 52 valence electrons. The lowest BCUT2D eigenvalue weighted by molar-refractivity contribution is 0.565. The zero-order valence-electron chi connectivity index (χ0n) is 4.51. The average Bonchev–Trinajstić information content (AvgIpc) is 1.82. The topological polar surface area (TPSA) is 0 Å². The van der Waals surface area contributed by atoms with Crippen LogP contribution in [0.3, 0.4) is 0 Å². The van der Waals surface area contributed by atoms with E-state index in [9.17, 15) is 13.2 Å². The van der Waals surface area contributed by atoms with Gasteiger partial charge < -0.3 is 0 Å². The van der Waals surface area contributed by atoms with Gasteiger partial charge in [-0.2, -0.15) is 8.78 Å². The highest BCUT2D eigenvalue weighted by molar-refractivity contribution is 14.1. The second kappa shape index (κ2) is 2.72. The van der Waals surface area contributed by atoms with Gasteiger partial charge in [0.25, 0.3) is 0 Å². The smallest absolute Gasteiger partial charge is 0.184 e. The van der Waals surface area contributed by atoms with Crippen molar-refractivity contribution in [3.63, 3.8) is 0 Å².